The van der Waals surface area contributed by atoms with Crippen molar-refractivity contribution < 1.29 is 14.7 Å². The number of nitrogens with one attached hydrogen (secondary N) is 1. The van der Waals surface area contributed by atoms with Crippen LogP contribution in [0.25, 0.3) is 5.76 Å². The second-order valence-electron chi connectivity index (χ2n) is 4.87. The topological polar surface area (TPSA) is 66.4 Å². The molecule has 2 aromatic carbocycles. The van der Waals surface area contributed by atoms with Gasteiger partial charge in [0.05, 0.1) is 0 Å². The van der Waals surface area contributed by atoms with Gasteiger partial charge in [-0.25, -0.2) is 0 Å². The lowest BCUT2D eigenvalue weighted by atomic mass is 10.1. The zero-order valence-corrected chi connectivity index (χ0v) is 13.3. The van der Waals surface area contributed by atoms with Crippen LogP contribution in [0.5, 0.6) is 0 Å². The third-order valence-electron chi connectivity index (χ3n) is 3.28. The van der Waals surface area contributed by atoms with Crippen molar-refractivity contribution in [2.45, 2.75) is 13.3 Å². The second-order valence-corrected chi connectivity index (χ2v) is 5.30. The summed E-state index contributed by atoms with van der Waals surface area (Å²) in [5.41, 5.74) is 1.93. The van der Waals surface area contributed by atoms with Crippen LogP contribution in [0.3, 0.4) is 0 Å². The Morgan fingerprint density at radius 2 is 1.78 bits per heavy atom. The number of carbonyl (C=O) groups excluding carboxylic acids is 2. The van der Waals surface area contributed by atoms with Crippen molar-refractivity contribution >= 4 is 34.7 Å². The molecular weight excluding hydrogens is 314 g/mol. The summed E-state index contributed by atoms with van der Waals surface area (Å²) in [6, 6.07) is 13.5. The minimum absolute atomic E-state index is 0.286. The Morgan fingerprint density at radius 3 is 2.43 bits per heavy atom. The van der Waals surface area contributed by atoms with Gasteiger partial charge in [-0.1, -0.05) is 36.7 Å². The molecule has 0 fully saturated rings. The molecule has 0 unspecified atom stereocenters. The summed E-state index contributed by atoms with van der Waals surface area (Å²) in [5.74, 6) is -1.92. The van der Waals surface area contributed by atoms with Gasteiger partial charge in [-0.05, 0) is 42.3 Å². The van der Waals surface area contributed by atoms with Gasteiger partial charge in [-0.15, -0.1) is 0 Å². The molecule has 0 aliphatic heterocycles. The average Bonchev–Trinajstić information content (AvgIpc) is 2.55. The maximum atomic E-state index is 12.0. The second kappa shape index (κ2) is 7.61. The molecule has 5 heteroatoms. The molecule has 0 aliphatic rings. The third kappa shape index (κ3) is 4.44. The van der Waals surface area contributed by atoms with Crippen molar-refractivity contribution in [3.05, 3.63) is 70.8 Å². The van der Waals surface area contributed by atoms with Crippen LogP contribution in [-0.2, 0) is 16.0 Å². The molecule has 2 N–H and O–H groups in total. The molecule has 118 valence electrons. The fourth-order valence-corrected chi connectivity index (χ4v) is 2.15. The van der Waals surface area contributed by atoms with Crippen LogP contribution in [0, 0.1) is 0 Å². The van der Waals surface area contributed by atoms with Crippen LogP contribution in [0.1, 0.15) is 18.1 Å². The number of anilines is 1. The van der Waals surface area contributed by atoms with Crippen molar-refractivity contribution in [3.8, 4) is 0 Å². The molecule has 4 nitrogen and oxygen atoms in total. The largest absolute Gasteiger partial charge is 0.507 e. The number of halogens is 1. The van der Waals surface area contributed by atoms with E-state index in [1.165, 1.54) is 0 Å². The highest BCUT2D eigenvalue weighted by atomic mass is 35.5. The van der Waals surface area contributed by atoms with E-state index in [1.54, 1.807) is 36.4 Å². The molecule has 0 aliphatic carbocycles. The monoisotopic (exact) mass is 329 g/mol. The van der Waals surface area contributed by atoms with E-state index in [9.17, 15) is 14.7 Å². The first-order chi connectivity index (χ1) is 11.0. The van der Waals surface area contributed by atoms with Gasteiger partial charge in [0, 0.05) is 22.3 Å². The molecule has 0 aromatic heterocycles. The van der Waals surface area contributed by atoms with Crippen LogP contribution in [0.15, 0.2) is 54.6 Å². The number of ketones is 1. The number of hydrogen-bond acceptors (Lipinski definition) is 3. The lowest BCUT2D eigenvalue weighted by molar-refractivity contribution is -0.131. The maximum Gasteiger partial charge on any atom is 0.296 e. The molecule has 0 saturated heterocycles. The van der Waals surface area contributed by atoms with Gasteiger partial charge in [0.25, 0.3) is 5.91 Å². The van der Waals surface area contributed by atoms with Gasteiger partial charge in [-0.2, -0.15) is 0 Å². The highest BCUT2D eigenvalue weighted by Gasteiger charge is 2.14. The molecule has 0 saturated carbocycles. The number of hydrogen-bond donors (Lipinski definition) is 2. The van der Waals surface area contributed by atoms with Gasteiger partial charge in [-0.3, -0.25) is 9.59 Å². The van der Waals surface area contributed by atoms with Gasteiger partial charge in [0.2, 0.25) is 5.78 Å². The summed E-state index contributed by atoms with van der Waals surface area (Å²) < 4.78 is 0. The Balaban J connectivity index is 2.12. The van der Waals surface area contributed by atoms with Crippen LogP contribution in [-0.4, -0.2) is 16.8 Å². The van der Waals surface area contributed by atoms with E-state index < -0.39 is 11.7 Å². The van der Waals surface area contributed by atoms with Crippen LogP contribution >= 0.6 is 11.6 Å². The van der Waals surface area contributed by atoms with Crippen molar-refractivity contribution in [1.82, 2.24) is 0 Å². The van der Waals surface area contributed by atoms with E-state index in [0.717, 1.165) is 18.1 Å². The number of benzene rings is 2. The number of aliphatic hydroxyl groups is 1. The zero-order chi connectivity index (χ0) is 16.8. The highest BCUT2D eigenvalue weighted by Crippen LogP contribution is 2.17. The number of para-hydroxylation sites is 1. The van der Waals surface area contributed by atoms with E-state index in [2.05, 4.69) is 5.32 Å². The Kier molecular flexibility index (Phi) is 5.55. The molecule has 0 spiro atoms. The smallest absolute Gasteiger partial charge is 0.296 e. The lowest BCUT2D eigenvalue weighted by Crippen LogP contribution is -2.21. The van der Waals surface area contributed by atoms with Crippen LogP contribution in [0.2, 0.25) is 5.02 Å². The molecule has 2 aromatic rings. The summed E-state index contributed by atoms with van der Waals surface area (Å²) in [7, 11) is 0. The van der Waals surface area contributed by atoms with Gasteiger partial charge < -0.3 is 10.4 Å². The molecule has 23 heavy (non-hydrogen) atoms. The maximum absolute atomic E-state index is 12.0. The number of amides is 1. The van der Waals surface area contributed by atoms with Gasteiger partial charge in [0.15, 0.2) is 0 Å². The first-order valence-electron chi connectivity index (χ1n) is 7.11. The summed E-state index contributed by atoms with van der Waals surface area (Å²) in [6.45, 7) is 1.96. The summed E-state index contributed by atoms with van der Waals surface area (Å²) in [6.07, 6.45) is 1.63. The average molecular weight is 330 g/mol. The fraction of sp³-hybridized carbons (Fsp3) is 0.111. The number of aryl methyl sites for hydroxylation is 1. The number of carbonyl (C=O) groups is 2. The summed E-state index contributed by atoms with van der Waals surface area (Å²) in [5, 5.41) is 13.0. The predicted octanol–water partition coefficient (Wildman–Crippen LogP) is 4.01. The van der Waals surface area contributed by atoms with Gasteiger partial charge in [0.1, 0.15) is 5.76 Å². The van der Waals surface area contributed by atoms with Crippen molar-refractivity contribution in [3.63, 3.8) is 0 Å². The van der Waals surface area contributed by atoms with E-state index in [1.807, 2.05) is 19.1 Å². The van der Waals surface area contributed by atoms with Crippen molar-refractivity contribution in [2.24, 2.45) is 0 Å². The molecule has 2 rings (SSSR count). The van der Waals surface area contributed by atoms with Crippen LogP contribution in [0.4, 0.5) is 5.69 Å². The van der Waals surface area contributed by atoms with Crippen molar-refractivity contribution in [1.29, 1.82) is 0 Å². The predicted molar refractivity (Wildman–Crippen MR) is 91.5 cm³/mol. The summed E-state index contributed by atoms with van der Waals surface area (Å²) >= 11 is 5.76. The molecular formula is C18H16ClNO3. The number of aliphatic hydroxyl groups excluding tert-OH is 1. The molecule has 0 heterocycles. The Labute approximate surface area is 139 Å². The first-order valence-corrected chi connectivity index (χ1v) is 7.49. The van der Waals surface area contributed by atoms with E-state index in [0.29, 0.717) is 16.3 Å². The van der Waals surface area contributed by atoms with Crippen molar-refractivity contribution in [2.75, 3.05) is 5.32 Å². The Morgan fingerprint density at radius 1 is 1.13 bits per heavy atom. The summed E-state index contributed by atoms with van der Waals surface area (Å²) in [4.78, 5) is 23.9. The van der Waals surface area contributed by atoms with Crippen LogP contribution < -0.4 is 5.32 Å². The zero-order valence-electron chi connectivity index (χ0n) is 12.5. The normalized spacial score (nSPS) is 11.1. The minimum Gasteiger partial charge on any atom is -0.507 e. The lowest BCUT2D eigenvalue weighted by Gasteiger charge is -2.08. The highest BCUT2D eigenvalue weighted by molar-refractivity contribution is 6.45. The fourth-order valence-electron chi connectivity index (χ4n) is 2.03. The molecule has 0 radical (unpaired) electrons. The third-order valence-corrected chi connectivity index (χ3v) is 3.53. The van der Waals surface area contributed by atoms with E-state index in [-0.39, 0.29) is 5.76 Å². The Hall–Kier alpha value is -2.59. The standard InChI is InChI=1S/C18H16ClNO3/c1-2-12-5-3-4-6-15(12)20-18(23)17(22)11-16(21)13-7-9-14(19)10-8-13/h3-11,21H,2H2,1H3,(H,20,23). The number of rotatable bonds is 5. The van der Waals surface area contributed by atoms with E-state index in [4.69, 9.17) is 11.6 Å². The molecule has 0 atom stereocenters. The minimum atomic E-state index is -0.830. The SMILES string of the molecule is CCc1ccccc1NC(=O)C(=O)C=C(O)c1ccc(Cl)cc1. The molecule has 0 bridgehead atoms. The quantitative estimate of drug-likeness (QED) is 0.495. The molecule has 1 amide bonds. The van der Waals surface area contributed by atoms with Gasteiger partial charge >= 0.3 is 0 Å². The first kappa shape index (κ1) is 16.8. The Bertz CT molecular complexity index is 751. The van der Waals surface area contributed by atoms with E-state index >= 15 is 0 Å².